The smallest absolute Gasteiger partial charge is 0.138 e. The second-order valence-electron chi connectivity index (χ2n) is 3.35. The van der Waals surface area contributed by atoms with E-state index in [-0.39, 0.29) is 0 Å². The third kappa shape index (κ3) is 2.86. The van der Waals surface area contributed by atoms with Crippen molar-refractivity contribution in [3.63, 3.8) is 0 Å². The van der Waals surface area contributed by atoms with Crippen molar-refractivity contribution < 1.29 is 5.11 Å². The van der Waals surface area contributed by atoms with Crippen LogP contribution >= 0.6 is 90.4 Å². The summed E-state index contributed by atoms with van der Waals surface area (Å²) in [6.45, 7) is 0. The summed E-state index contributed by atoms with van der Waals surface area (Å²) < 4.78 is 4.35. The zero-order valence-electron chi connectivity index (χ0n) is 8.35. The number of rotatable bonds is 1. The van der Waals surface area contributed by atoms with E-state index in [1.807, 2.05) is 30.3 Å². The van der Waals surface area contributed by atoms with Crippen molar-refractivity contribution in [3.8, 4) is 16.9 Å². The number of benzene rings is 2. The number of hydrogen-bond acceptors (Lipinski definition) is 1. The molecule has 2 aromatic carbocycles. The third-order valence-electron chi connectivity index (χ3n) is 2.30. The lowest BCUT2D eigenvalue weighted by atomic mass is 10.1. The Morgan fingerprint density at radius 3 is 1.82 bits per heavy atom. The normalized spacial score (nSPS) is 10.6. The second-order valence-corrected chi connectivity index (χ2v) is 7.66. The number of aromatic hydroxyl groups is 1. The van der Waals surface area contributed by atoms with Crippen LogP contribution in [0, 0.1) is 14.3 Å². The molecule has 0 fully saturated rings. The summed E-state index contributed by atoms with van der Waals surface area (Å²) in [4.78, 5) is 0. The highest BCUT2D eigenvalue weighted by Crippen LogP contribution is 2.42. The summed E-state index contributed by atoms with van der Waals surface area (Å²) in [6, 6.07) is 10.0. The largest absolute Gasteiger partial charge is 0.506 e. The SMILES string of the molecule is Oc1c(I)c(I)c(I)c(I)c1-c1ccccc1. The predicted molar refractivity (Wildman–Crippen MR) is 104 cm³/mol. The van der Waals surface area contributed by atoms with Crippen molar-refractivity contribution in [1.82, 2.24) is 0 Å². The van der Waals surface area contributed by atoms with Crippen LogP contribution in [-0.2, 0) is 0 Å². The maximum atomic E-state index is 10.3. The Kier molecular flexibility index (Phi) is 5.21. The molecule has 88 valence electrons. The topological polar surface area (TPSA) is 20.2 Å². The van der Waals surface area contributed by atoms with Crippen LogP contribution in [0.15, 0.2) is 30.3 Å². The first kappa shape index (κ1) is 14.6. The van der Waals surface area contributed by atoms with Gasteiger partial charge in [0.1, 0.15) is 5.75 Å². The molecule has 1 nitrogen and oxygen atoms in total. The number of phenols is 1. The van der Waals surface area contributed by atoms with Crippen LogP contribution in [0.4, 0.5) is 0 Å². The Balaban J connectivity index is 2.80. The van der Waals surface area contributed by atoms with Crippen molar-refractivity contribution >= 4 is 90.4 Å². The lowest BCUT2D eigenvalue weighted by molar-refractivity contribution is 0.472. The van der Waals surface area contributed by atoms with Gasteiger partial charge in [-0.25, -0.2) is 0 Å². The van der Waals surface area contributed by atoms with Crippen LogP contribution < -0.4 is 0 Å². The maximum absolute atomic E-state index is 10.3. The van der Waals surface area contributed by atoms with Gasteiger partial charge in [0.25, 0.3) is 0 Å². The Hall–Kier alpha value is 1.16. The van der Waals surface area contributed by atoms with Crippen molar-refractivity contribution in [3.05, 3.63) is 44.6 Å². The van der Waals surface area contributed by atoms with Crippen molar-refractivity contribution in [1.29, 1.82) is 0 Å². The van der Waals surface area contributed by atoms with Gasteiger partial charge in [0.05, 0.1) is 3.57 Å². The minimum absolute atomic E-state index is 0.381. The van der Waals surface area contributed by atoms with Crippen molar-refractivity contribution in [2.24, 2.45) is 0 Å². The highest BCUT2D eigenvalue weighted by atomic mass is 127. The van der Waals surface area contributed by atoms with Crippen LogP contribution in [0.3, 0.4) is 0 Å². The van der Waals surface area contributed by atoms with E-state index in [1.165, 1.54) is 3.57 Å². The highest BCUT2D eigenvalue weighted by Gasteiger charge is 2.19. The van der Waals surface area contributed by atoms with Crippen LogP contribution in [0.1, 0.15) is 0 Å². The maximum Gasteiger partial charge on any atom is 0.138 e. The van der Waals surface area contributed by atoms with E-state index in [2.05, 4.69) is 90.4 Å². The van der Waals surface area contributed by atoms with Gasteiger partial charge in [-0.3, -0.25) is 0 Å². The van der Waals surface area contributed by atoms with Gasteiger partial charge in [-0.05, 0) is 95.9 Å². The molecule has 0 spiro atoms. The minimum atomic E-state index is 0.381. The molecule has 0 radical (unpaired) electrons. The molecule has 0 aliphatic heterocycles. The van der Waals surface area contributed by atoms with Gasteiger partial charge in [0.2, 0.25) is 0 Å². The summed E-state index contributed by atoms with van der Waals surface area (Å²) in [5.74, 6) is 0.381. The summed E-state index contributed by atoms with van der Waals surface area (Å²) in [5, 5.41) is 10.3. The van der Waals surface area contributed by atoms with E-state index in [0.29, 0.717) is 5.75 Å². The summed E-state index contributed by atoms with van der Waals surface area (Å²) in [5.41, 5.74) is 1.99. The van der Waals surface area contributed by atoms with E-state index in [0.717, 1.165) is 21.8 Å². The van der Waals surface area contributed by atoms with Gasteiger partial charge in [0, 0.05) is 16.3 Å². The molecule has 0 aliphatic carbocycles. The van der Waals surface area contributed by atoms with Crippen LogP contribution in [0.25, 0.3) is 11.1 Å². The molecule has 0 aromatic heterocycles. The summed E-state index contributed by atoms with van der Waals surface area (Å²) in [7, 11) is 0. The number of phenolic OH excluding ortho intramolecular Hbond substituents is 1. The molecular formula is C12H6I4O. The third-order valence-corrected chi connectivity index (χ3v) is 9.69. The fourth-order valence-corrected chi connectivity index (χ4v) is 4.96. The first-order valence-electron chi connectivity index (χ1n) is 4.64. The van der Waals surface area contributed by atoms with Gasteiger partial charge >= 0.3 is 0 Å². The lowest BCUT2D eigenvalue weighted by Crippen LogP contribution is -1.95. The lowest BCUT2D eigenvalue weighted by Gasteiger charge is -2.13. The van der Waals surface area contributed by atoms with Crippen LogP contribution in [-0.4, -0.2) is 5.11 Å². The number of halogens is 4. The first-order valence-corrected chi connectivity index (χ1v) is 8.96. The zero-order chi connectivity index (χ0) is 12.6. The van der Waals surface area contributed by atoms with Crippen molar-refractivity contribution in [2.75, 3.05) is 0 Å². The molecule has 2 aromatic rings. The molecule has 0 unspecified atom stereocenters. The van der Waals surface area contributed by atoms with E-state index in [4.69, 9.17) is 0 Å². The molecule has 0 amide bonds. The Morgan fingerprint density at radius 2 is 1.24 bits per heavy atom. The van der Waals surface area contributed by atoms with Gasteiger partial charge in [-0.15, -0.1) is 0 Å². The molecule has 5 heteroatoms. The van der Waals surface area contributed by atoms with Crippen LogP contribution in [0.5, 0.6) is 5.75 Å². The molecule has 0 heterocycles. The molecule has 0 aliphatic rings. The van der Waals surface area contributed by atoms with Crippen LogP contribution in [0.2, 0.25) is 0 Å². The molecule has 1 N–H and O–H groups in total. The molecular weight excluding hydrogens is 668 g/mol. The van der Waals surface area contributed by atoms with Gasteiger partial charge in [-0.1, -0.05) is 30.3 Å². The van der Waals surface area contributed by atoms with Gasteiger partial charge < -0.3 is 5.11 Å². The van der Waals surface area contributed by atoms with E-state index in [1.54, 1.807) is 0 Å². The van der Waals surface area contributed by atoms with Gasteiger partial charge in [-0.2, -0.15) is 0 Å². The molecule has 2 rings (SSSR count). The Bertz CT molecular complexity index is 537. The standard InChI is InChI=1S/C12H6I4O/c13-8-7(6-4-2-1-3-5-6)12(17)11(16)10(15)9(8)14/h1-5,17H. The average Bonchev–Trinajstić information content (AvgIpc) is 2.36. The fraction of sp³-hybridized carbons (Fsp3) is 0. The summed E-state index contributed by atoms with van der Waals surface area (Å²) >= 11 is 9.11. The van der Waals surface area contributed by atoms with E-state index < -0.39 is 0 Å². The van der Waals surface area contributed by atoms with Gasteiger partial charge in [0.15, 0.2) is 0 Å². The predicted octanol–water partition coefficient (Wildman–Crippen LogP) is 5.48. The minimum Gasteiger partial charge on any atom is -0.506 e. The Morgan fingerprint density at radius 1 is 0.706 bits per heavy atom. The molecule has 0 atom stereocenters. The Labute approximate surface area is 154 Å². The summed E-state index contributed by atoms with van der Waals surface area (Å²) in [6.07, 6.45) is 0. The average molecular weight is 674 g/mol. The second kappa shape index (κ2) is 6.07. The molecule has 0 saturated heterocycles. The molecule has 0 bridgehead atoms. The zero-order valence-corrected chi connectivity index (χ0v) is 17.0. The quantitative estimate of drug-likeness (QED) is 0.242. The number of hydrogen-bond donors (Lipinski definition) is 1. The van der Waals surface area contributed by atoms with Crippen molar-refractivity contribution in [2.45, 2.75) is 0 Å². The fourth-order valence-electron chi connectivity index (χ4n) is 1.49. The monoisotopic (exact) mass is 674 g/mol. The van der Waals surface area contributed by atoms with E-state index >= 15 is 0 Å². The first-order chi connectivity index (χ1) is 8.04. The van der Waals surface area contributed by atoms with E-state index in [9.17, 15) is 5.11 Å². The molecule has 0 saturated carbocycles. The molecule has 17 heavy (non-hydrogen) atoms. The highest BCUT2D eigenvalue weighted by molar-refractivity contribution is 14.1.